The Labute approximate surface area is 159 Å². The molecule has 7 nitrogen and oxygen atoms in total. The van der Waals surface area contributed by atoms with E-state index in [9.17, 15) is 0 Å². The van der Waals surface area contributed by atoms with Gasteiger partial charge < -0.3 is 9.64 Å². The third-order valence-corrected chi connectivity index (χ3v) is 5.08. The van der Waals surface area contributed by atoms with Crippen LogP contribution in [0.15, 0.2) is 24.3 Å². The Balaban J connectivity index is 1.70. The highest BCUT2D eigenvalue weighted by atomic mass is 35.5. The van der Waals surface area contributed by atoms with Gasteiger partial charge >= 0.3 is 0 Å². The molecule has 1 aliphatic heterocycles. The second-order valence-corrected chi connectivity index (χ2v) is 7.38. The molecule has 1 aromatic heterocycles. The van der Waals surface area contributed by atoms with Gasteiger partial charge in [-0.1, -0.05) is 31.5 Å². The van der Waals surface area contributed by atoms with Crippen LogP contribution in [0.3, 0.4) is 0 Å². The highest BCUT2D eigenvalue weighted by molar-refractivity contribution is 6.30. The minimum atomic E-state index is 0.198. The molecule has 1 aromatic carbocycles. The Morgan fingerprint density at radius 2 is 1.96 bits per heavy atom. The number of hydrogen-bond acceptors (Lipinski definition) is 6. The minimum Gasteiger partial charge on any atom is -0.383 e. The number of benzene rings is 1. The van der Waals surface area contributed by atoms with Gasteiger partial charge in [0.1, 0.15) is 0 Å². The molecule has 0 spiro atoms. The SMILES string of the molecule is COCCn1nnnc1C(C(C)C)N1CCN(c2cccc(Cl)c2)CC1. The second-order valence-electron chi connectivity index (χ2n) is 6.94. The summed E-state index contributed by atoms with van der Waals surface area (Å²) in [6, 6.07) is 8.26. The van der Waals surface area contributed by atoms with E-state index in [-0.39, 0.29) is 6.04 Å². The fourth-order valence-electron chi connectivity index (χ4n) is 3.57. The van der Waals surface area contributed by atoms with E-state index in [1.54, 1.807) is 7.11 Å². The predicted octanol–water partition coefficient (Wildman–Crippen LogP) is 2.49. The predicted molar refractivity (Wildman–Crippen MR) is 103 cm³/mol. The maximum atomic E-state index is 6.14. The topological polar surface area (TPSA) is 59.3 Å². The van der Waals surface area contributed by atoms with E-state index in [0.717, 1.165) is 37.0 Å². The summed E-state index contributed by atoms with van der Waals surface area (Å²) in [5.74, 6) is 1.34. The Bertz CT molecular complexity index is 698. The number of rotatable bonds is 7. The molecule has 0 bridgehead atoms. The van der Waals surface area contributed by atoms with Crippen LogP contribution in [0, 0.1) is 5.92 Å². The molecular formula is C18H27ClN6O. The lowest BCUT2D eigenvalue weighted by molar-refractivity contribution is 0.129. The molecule has 0 amide bonds. The van der Waals surface area contributed by atoms with Crippen LogP contribution in [0.2, 0.25) is 5.02 Å². The first kappa shape index (κ1) is 19.1. The van der Waals surface area contributed by atoms with Crippen molar-refractivity contribution < 1.29 is 4.74 Å². The van der Waals surface area contributed by atoms with Crippen LogP contribution < -0.4 is 4.90 Å². The molecule has 0 radical (unpaired) electrons. The third-order valence-electron chi connectivity index (χ3n) is 4.84. The smallest absolute Gasteiger partial charge is 0.168 e. The molecule has 3 rings (SSSR count). The summed E-state index contributed by atoms with van der Waals surface area (Å²) in [7, 11) is 1.69. The van der Waals surface area contributed by atoms with Crippen molar-refractivity contribution in [2.45, 2.75) is 26.4 Å². The number of hydrogen-bond donors (Lipinski definition) is 0. The van der Waals surface area contributed by atoms with Gasteiger partial charge in [-0.3, -0.25) is 4.90 Å². The Morgan fingerprint density at radius 1 is 1.19 bits per heavy atom. The Hall–Kier alpha value is -1.70. The van der Waals surface area contributed by atoms with Gasteiger partial charge in [0.2, 0.25) is 0 Å². The molecule has 1 atom stereocenters. The van der Waals surface area contributed by atoms with Crippen LogP contribution in [-0.4, -0.2) is 65.0 Å². The van der Waals surface area contributed by atoms with Crippen LogP contribution in [0.5, 0.6) is 0 Å². The standard InChI is InChI=1S/C18H27ClN6O/c1-14(2)17(18-20-21-22-25(18)11-12-26-3)24-9-7-23(8-10-24)16-6-4-5-15(19)13-16/h4-6,13-14,17H,7-12H2,1-3H3. The van der Waals surface area contributed by atoms with Crippen molar-refractivity contribution in [3.63, 3.8) is 0 Å². The number of aromatic nitrogens is 4. The van der Waals surface area contributed by atoms with E-state index in [2.05, 4.69) is 45.2 Å². The molecule has 1 saturated heterocycles. The number of nitrogens with zero attached hydrogens (tertiary/aromatic N) is 6. The van der Waals surface area contributed by atoms with E-state index in [4.69, 9.17) is 16.3 Å². The van der Waals surface area contributed by atoms with Crippen molar-refractivity contribution in [3.05, 3.63) is 35.1 Å². The quantitative estimate of drug-likeness (QED) is 0.737. The number of tetrazole rings is 1. The fraction of sp³-hybridized carbons (Fsp3) is 0.611. The van der Waals surface area contributed by atoms with Crippen LogP contribution in [0.1, 0.15) is 25.7 Å². The zero-order chi connectivity index (χ0) is 18.5. The average Bonchev–Trinajstić information content (AvgIpc) is 3.08. The molecule has 142 valence electrons. The van der Waals surface area contributed by atoms with Crippen molar-refractivity contribution >= 4 is 17.3 Å². The minimum absolute atomic E-state index is 0.198. The van der Waals surface area contributed by atoms with Crippen molar-refractivity contribution in [3.8, 4) is 0 Å². The number of anilines is 1. The summed E-state index contributed by atoms with van der Waals surface area (Å²) < 4.78 is 7.05. The van der Waals surface area contributed by atoms with Crippen molar-refractivity contribution in [1.82, 2.24) is 25.1 Å². The number of piperazine rings is 1. The van der Waals surface area contributed by atoms with E-state index < -0.39 is 0 Å². The van der Waals surface area contributed by atoms with E-state index in [0.29, 0.717) is 19.1 Å². The maximum absolute atomic E-state index is 6.14. The molecule has 1 fully saturated rings. The maximum Gasteiger partial charge on any atom is 0.168 e. The average molecular weight is 379 g/mol. The zero-order valence-corrected chi connectivity index (χ0v) is 16.4. The van der Waals surface area contributed by atoms with Crippen LogP contribution in [0.25, 0.3) is 0 Å². The van der Waals surface area contributed by atoms with E-state index >= 15 is 0 Å². The largest absolute Gasteiger partial charge is 0.383 e. The number of ether oxygens (including phenoxy) is 1. The first-order valence-corrected chi connectivity index (χ1v) is 9.47. The molecule has 0 N–H and O–H groups in total. The number of methoxy groups -OCH3 is 1. The van der Waals surface area contributed by atoms with Crippen molar-refractivity contribution in [2.24, 2.45) is 5.92 Å². The van der Waals surface area contributed by atoms with Gasteiger partial charge in [0.05, 0.1) is 19.2 Å². The third kappa shape index (κ3) is 4.34. The highest BCUT2D eigenvalue weighted by Crippen LogP contribution is 2.29. The van der Waals surface area contributed by atoms with Crippen LogP contribution >= 0.6 is 11.6 Å². The normalized spacial score (nSPS) is 17.0. The van der Waals surface area contributed by atoms with Crippen molar-refractivity contribution in [2.75, 3.05) is 44.8 Å². The zero-order valence-electron chi connectivity index (χ0n) is 15.7. The molecule has 0 aliphatic carbocycles. The first-order chi connectivity index (χ1) is 12.6. The first-order valence-electron chi connectivity index (χ1n) is 9.09. The molecular weight excluding hydrogens is 352 g/mol. The summed E-state index contributed by atoms with van der Waals surface area (Å²) in [5, 5.41) is 13.2. The Kier molecular flexibility index (Phi) is 6.45. The van der Waals surface area contributed by atoms with Gasteiger partial charge in [0.15, 0.2) is 5.82 Å². The summed E-state index contributed by atoms with van der Waals surface area (Å²) >= 11 is 6.14. The molecule has 8 heteroatoms. The van der Waals surface area contributed by atoms with Gasteiger partial charge in [-0.05, 0) is 34.5 Å². The van der Waals surface area contributed by atoms with Crippen LogP contribution in [-0.2, 0) is 11.3 Å². The fourth-order valence-corrected chi connectivity index (χ4v) is 3.76. The second kappa shape index (κ2) is 8.79. The Morgan fingerprint density at radius 3 is 2.62 bits per heavy atom. The van der Waals surface area contributed by atoms with Crippen molar-refractivity contribution in [1.29, 1.82) is 0 Å². The molecule has 26 heavy (non-hydrogen) atoms. The lowest BCUT2D eigenvalue weighted by atomic mass is 10.0. The highest BCUT2D eigenvalue weighted by Gasteiger charge is 2.31. The van der Waals surface area contributed by atoms with Crippen LogP contribution in [0.4, 0.5) is 5.69 Å². The summed E-state index contributed by atoms with van der Waals surface area (Å²) in [6.45, 7) is 9.58. The van der Waals surface area contributed by atoms with E-state index in [1.807, 2.05) is 22.9 Å². The summed E-state index contributed by atoms with van der Waals surface area (Å²) in [4.78, 5) is 4.87. The van der Waals surface area contributed by atoms with Gasteiger partial charge in [-0.15, -0.1) is 5.10 Å². The lowest BCUT2D eigenvalue weighted by Crippen LogP contribution is -2.49. The summed E-state index contributed by atoms with van der Waals surface area (Å²) in [5.41, 5.74) is 1.18. The monoisotopic (exact) mass is 378 g/mol. The van der Waals surface area contributed by atoms with Gasteiger partial charge in [0, 0.05) is 44.0 Å². The molecule has 1 aliphatic rings. The molecule has 0 saturated carbocycles. The molecule has 1 unspecified atom stereocenters. The van der Waals surface area contributed by atoms with E-state index in [1.165, 1.54) is 5.69 Å². The lowest BCUT2D eigenvalue weighted by Gasteiger charge is -2.41. The number of halogens is 1. The van der Waals surface area contributed by atoms with Gasteiger partial charge in [-0.25, -0.2) is 4.68 Å². The summed E-state index contributed by atoms with van der Waals surface area (Å²) in [6.07, 6.45) is 0. The molecule has 2 heterocycles. The van der Waals surface area contributed by atoms with Gasteiger partial charge in [-0.2, -0.15) is 0 Å². The van der Waals surface area contributed by atoms with Gasteiger partial charge in [0.25, 0.3) is 0 Å². The molecule has 2 aromatic rings.